The van der Waals surface area contributed by atoms with E-state index in [4.69, 9.17) is 5.73 Å². The summed E-state index contributed by atoms with van der Waals surface area (Å²) in [5.41, 5.74) is 4.87. The Bertz CT molecular complexity index is 584. The van der Waals surface area contributed by atoms with Gasteiger partial charge < -0.3 is 5.73 Å². The Morgan fingerprint density at radius 3 is 2.48 bits per heavy atom. The first-order valence-corrected chi connectivity index (χ1v) is 8.56. The van der Waals surface area contributed by atoms with Gasteiger partial charge in [0.05, 0.1) is 0 Å². The average molecular weight is 404 g/mol. The van der Waals surface area contributed by atoms with Gasteiger partial charge in [0.25, 0.3) is 0 Å². The molecule has 4 nitrogen and oxygen atoms in total. The van der Waals surface area contributed by atoms with E-state index in [1.54, 1.807) is 6.92 Å². The van der Waals surface area contributed by atoms with Crippen LogP contribution in [0.2, 0.25) is 0 Å². The molecule has 0 aromatic heterocycles. The largest absolute Gasteiger partial charge is 0.329 e. The molecule has 1 atom stereocenters. The molecule has 8 heteroatoms. The van der Waals surface area contributed by atoms with Crippen LogP contribution in [0.5, 0.6) is 0 Å². The van der Waals surface area contributed by atoms with Crippen LogP contribution in [-0.2, 0) is 10.0 Å². The minimum atomic E-state index is -3.96. The number of benzene rings is 1. The highest BCUT2D eigenvalue weighted by Crippen LogP contribution is 2.23. The first kappa shape index (κ1) is 20.8. The number of nitrogens with one attached hydrogen (secondary N) is 1. The predicted molar refractivity (Wildman–Crippen MR) is 88.6 cm³/mol. The van der Waals surface area contributed by atoms with Gasteiger partial charge in [-0.15, -0.1) is 12.4 Å². The van der Waals surface area contributed by atoms with Crippen LogP contribution in [0.15, 0.2) is 27.6 Å². The number of hydrogen-bond donors (Lipinski definition) is 2. The van der Waals surface area contributed by atoms with Gasteiger partial charge in [-0.3, -0.25) is 0 Å². The first-order chi connectivity index (χ1) is 9.09. The Balaban J connectivity index is 0.00000400. The number of rotatable bonds is 6. The highest BCUT2D eigenvalue weighted by Gasteiger charge is 2.31. The molecular formula is C13H21BrClFN2O2S. The van der Waals surface area contributed by atoms with Gasteiger partial charge in [0.2, 0.25) is 10.0 Å². The van der Waals surface area contributed by atoms with Gasteiger partial charge in [0.15, 0.2) is 0 Å². The quantitative estimate of drug-likeness (QED) is 0.767. The van der Waals surface area contributed by atoms with Crippen molar-refractivity contribution >= 4 is 38.4 Å². The number of sulfonamides is 1. The summed E-state index contributed by atoms with van der Waals surface area (Å²) in [5.74, 6) is -0.525. The van der Waals surface area contributed by atoms with Crippen LogP contribution in [0.3, 0.4) is 0 Å². The molecule has 1 aromatic rings. The van der Waals surface area contributed by atoms with E-state index in [9.17, 15) is 12.8 Å². The second kappa shape index (κ2) is 7.87. The highest BCUT2D eigenvalue weighted by molar-refractivity contribution is 9.10. The van der Waals surface area contributed by atoms with Crippen molar-refractivity contribution in [1.82, 2.24) is 4.72 Å². The molecule has 0 aliphatic heterocycles. The van der Waals surface area contributed by atoms with E-state index >= 15 is 0 Å². The fourth-order valence-corrected chi connectivity index (χ4v) is 4.18. The fourth-order valence-electron chi connectivity index (χ4n) is 2.13. The number of halogens is 3. The van der Waals surface area contributed by atoms with E-state index in [2.05, 4.69) is 20.7 Å². The average Bonchev–Trinajstić information content (AvgIpc) is 2.30. The maximum atomic E-state index is 13.7. The van der Waals surface area contributed by atoms with Crippen molar-refractivity contribution < 1.29 is 12.8 Å². The van der Waals surface area contributed by atoms with E-state index in [0.29, 0.717) is 10.9 Å². The molecule has 0 aliphatic carbocycles. The fraction of sp³-hybridized carbons (Fsp3) is 0.538. The van der Waals surface area contributed by atoms with Crippen LogP contribution in [0.4, 0.5) is 4.39 Å². The third-order valence-corrected chi connectivity index (χ3v) is 5.02. The predicted octanol–water partition coefficient (Wildman–Crippen LogP) is 3.05. The van der Waals surface area contributed by atoms with Crippen LogP contribution < -0.4 is 10.5 Å². The van der Waals surface area contributed by atoms with Crippen LogP contribution in [0.25, 0.3) is 0 Å². The topological polar surface area (TPSA) is 72.2 Å². The Labute approximate surface area is 140 Å². The van der Waals surface area contributed by atoms with Crippen LogP contribution in [-0.4, -0.2) is 20.5 Å². The standard InChI is InChI=1S/C13H20BrFN2O2S.ClH/c1-9(2)7-13(3,8-16)17-20(18,19)12-6-10(14)4-5-11(12)15;/h4-6,9,17H,7-8,16H2,1-3H3;1H. The Morgan fingerprint density at radius 2 is 2.00 bits per heavy atom. The van der Waals surface area contributed by atoms with Gasteiger partial charge in [0.1, 0.15) is 10.7 Å². The van der Waals surface area contributed by atoms with Crippen molar-refractivity contribution in [3.63, 3.8) is 0 Å². The summed E-state index contributed by atoms with van der Waals surface area (Å²) >= 11 is 3.14. The third kappa shape index (κ3) is 5.83. The van der Waals surface area contributed by atoms with E-state index < -0.39 is 21.4 Å². The molecule has 122 valence electrons. The molecule has 0 radical (unpaired) electrons. The third-order valence-electron chi connectivity index (χ3n) is 2.87. The summed E-state index contributed by atoms with van der Waals surface area (Å²) in [7, 11) is -3.96. The molecule has 0 saturated carbocycles. The van der Waals surface area contributed by atoms with Gasteiger partial charge in [0, 0.05) is 16.6 Å². The summed E-state index contributed by atoms with van der Waals surface area (Å²) in [6.45, 7) is 5.81. The summed E-state index contributed by atoms with van der Waals surface area (Å²) in [6, 6.07) is 3.80. The molecular weight excluding hydrogens is 383 g/mol. The molecule has 0 bridgehead atoms. The minimum absolute atomic E-state index is 0. The molecule has 1 rings (SSSR count). The molecule has 0 amide bonds. The van der Waals surface area contributed by atoms with Crippen molar-refractivity contribution in [1.29, 1.82) is 0 Å². The smallest absolute Gasteiger partial charge is 0.244 e. The second-order valence-electron chi connectivity index (χ2n) is 5.54. The number of hydrogen-bond acceptors (Lipinski definition) is 3. The van der Waals surface area contributed by atoms with Crippen LogP contribution >= 0.6 is 28.3 Å². The molecule has 21 heavy (non-hydrogen) atoms. The second-order valence-corrected chi connectivity index (χ2v) is 8.11. The van der Waals surface area contributed by atoms with E-state index in [1.807, 2.05) is 13.8 Å². The maximum absolute atomic E-state index is 13.7. The van der Waals surface area contributed by atoms with E-state index in [-0.39, 0.29) is 29.8 Å². The molecule has 1 aromatic carbocycles. The molecule has 0 heterocycles. The monoisotopic (exact) mass is 402 g/mol. The number of nitrogens with two attached hydrogens (primary N) is 1. The SMILES string of the molecule is CC(C)CC(C)(CN)NS(=O)(=O)c1cc(Br)ccc1F.Cl. The summed E-state index contributed by atoms with van der Waals surface area (Å²) in [5, 5.41) is 0. The summed E-state index contributed by atoms with van der Waals surface area (Å²) < 4.78 is 41.4. The van der Waals surface area contributed by atoms with E-state index in [0.717, 1.165) is 6.07 Å². The molecule has 0 spiro atoms. The molecule has 0 saturated heterocycles. The summed E-state index contributed by atoms with van der Waals surface area (Å²) in [4.78, 5) is -0.379. The van der Waals surface area contributed by atoms with E-state index in [1.165, 1.54) is 12.1 Å². The molecule has 1 unspecified atom stereocenters. The van der Waals surface area contributed by atoms with Gasteiger partial charge >= 0.3 is 0 Å². The lowest BCUT2D eigenvalue weighted by Gasteiger charge is -2.30. The van der Waals surface area contributed by atoms with Crippen molar-refractivity contribution in [3.05, 3.63) is 28.5 Å². The van der Waals surface area contributed by atoms with Crippen molar-refractivity contribution in [2.24, 2.45) is 11.7 Å². The lowest BCUT2D eigenvalue weighted by molar-refractivity contribution is 0.344. The van der Waals surface area contributed by atoms with Crippen LogP contribution in [0.1, 0.15) is 27.2 Å². The Kier molecular flexibility index (Phi) is 7.79. The molecule has 0 aliphatic rings. The minimum Gasteiger partial charge on any atom is -0.329 e. The van der Waals surface area contributed by atoms with Crippen molar-refractivity contribution in [2.75, 3.05) is 6.54 Å². The van der Waals surface area contributed by atoms with Crippen molar-refractivity contribution in [2.45, 2.75) is 37.6 Å². The van der Waals surface area contributed by atoms with Crippen molar-refractivity contribution in [3.8, 4) is 0 Å². The Hall–Kier alpha value is -0.210. The zero-order chi connectivity index (χ0) is 15.6. The van der Waals surface area contributed by atoms with Gasteiger partial charge in [-0.05, 0) is 37.5 Å². The van der Waals surface area contributed by atoms with Gasteiger partial charge in [-0.25, -0.2) is 17.5 Å². The molecule has 3 N–H and O–H groups in total. The van der Waals surface area contributed by atoms with Crippen LogP contribution in [0, 0.1) is 11.7 Å². The highest BCUT2D eigenvalue weighted by atomic mass is 79.9. The van der Waals surface area contributed by atoms with Gasteiger partial charge in [-0.2, -0.15) is 0 Å². The lowest BCUT2D eigenvalue weighted by Crippen LogP contribution is -2.52. The maximum Gasteiger partial charge on any atom is 0.244 e. The zero-order valence-electron chi connectivity index (χ0n) is 12.2. The summed E-state index contributed by atoms with van der Waals surface area (Å²) in [6.07, 6.45) is 0.568. The molecule has 0 fully saturated rings. The zero-order valence-corrected chi connectivity index (χ0v) is 15.4. The van der Waals surface area contributed by atoms with Gasteiger partial charge in [-0.1, -0.05) is 29.8 Å². The Morgan fingerprint density at radius 1 is 1.43 bits per heavy atom. The first-order valence-electron chi connectivity index (χ1n) is 6.29. The lowest BCUT2D eigenvalue weighted by atomic mass is 9.92. The normalized spacial score (nSPS) is 14.6.